The van der Waals surface area contributed by atoms with Crippen LogP contribution in [0, 0.1) is 6.92 Å². The van der Waals surface area contributed by atoms with Crippen molar-refractivity contribution in [1.29, 1.82) is 0 Å². The highest BCUT2D eigenvalue weighted by Gasteiger charge is 2.40. The highest BCUT2D eigenvalue weighted by molar-refractivity contribution is 7.99. The summed E-state index contributed by atoms with van der Waals surface area (Å²) in [6.45, 7) is 3.44. The SMILES string of the molecule is Cc1ccc(CNC(=O)N[C@@H]2CCO[C@@]3(CCSC3)C2)s1. The van der Waals surface area contributed by atoms with Gasteiger partial charge in [-0.15, -0.1) is 11.3 Å². The van der Waals surface area contributed by atoms with E-state index in [1.54, 1.807) is 11.3 Å². The third-order valence-corrected chi connectivity index (χ3v) is 6.34. The third-order valence-electron chi connectivity index (χ3n) is 4.11. The molecule has 1 spiro atoms. The number of urea groups is 1. The molecule has 3 heterocycles. The van der Waals surface area contributed by atoms with Crippen LogP contribution in [0.15, 0.2) is 12.1 Å². The molecule has 2 N–H and O–H groups in total. The Morgan fingerprint density at radius 1 is 1.52 bits per heavy atom. The average molecular weight is 326 g/mol. The van der Waals surface area contributed by atoms with E-state index in [0.29, 0.717) is 6.54 Å². The Morgan fingerprint density at radius 2 is 2.43 bits per heavy atom. The number of hydrogen-bond donors (Lipinski definition) is 2. The van der Waals surface area contributed by atoms with Crippen molar-refractivity contribution in [3.8, 4) is 0 Å². The molecule has 4 nitrogen and oxygen atoms in total. The standard InChI is InChI=1S/C15H22N2O2S2/c1-11-2-3-13(21-11)9-16-14(18)17-12-4-6-19-15(8-12)5-7-20-10-15/h2-3,12H,4-10H2,1H3,(H2,16,17,18)/t12-,15+/m1/s1. The summed E-state index contributed by atoms with van der Waals surface area (Å²) in [5.74, 6) is 2.25. The zero-order valence-corrected chi connectivity index (χ0v) is 13.9. The number of ether oxygens (including phenoxy) is 1. The van der Waals surface area contributed by atoms with Gasteiger partial charge in [0.2, 0.25) is 0 Å². The minimum absolute atomic E-state index is 0.0196. The van der Waals surface area contributed by atoms with E-state index in [0.717, 1.165) is 31.6 Å². The van der Waals surface area contributed by atoms with Crippen LogP contribution in [-0.4, -0.2) is 35.8 Å². The fourth-order valence-corrected chi connectivity index (χ4v) is 5.21. The zero-order chi connectivity index (χ0) is 14.7. The molecule has 1 aromatic heterocycles. The van der Waals surface area contributed by atoms with Gasteiger partial charge in [0.15, 0.2) is 0 Å². The van der Waals surface area contributed by atoms with Crippen LogP contribution in [0.25, 0.3) is 0 Å². The maximum atomic E-state index is 12.0. The molecule has 0 aromatic carbocycles. The third kappa shape index (κ3) is 3.93. The number of nitrogens with one attached hydrogen (secondary N) is 2. The van der Waals surface area contributed by atoms with Crippen molar-refractivity contribution < 1.29 is 9.53 Å². The van der Waals surface area contributed by atoms with E-state index >= 15 is 0 Å². The number of carbonyl (C=O) groups excluding carboxylic acids is 1. The first-order valence-electron chi connectivity index (χ1n) is 7.47. The van der Waals surface area contributed by atoms with Crippen molar-refractivity contribution in [3.63, 3.8) is 0 Å². The van der Waals surface area contributed by atoms with Crippen molar-refractivity contribution >= 4 is 29.1 Å². The first-order valence-corrected chi connectivity index (χ1v) is 9.44. The zero-order valence-electron chi connectivity index (χ0n) is 12.3. The molecule has 2 saturated heterocycles. The van der Waals surface area contributed by atoms with Gasteiger partial charge in [-0.1, -0.05) is 0 Å². The first-order chi connectivity index (χ1) is 10.2. The van der Waals surface area contributed by atoms with Gasteiger partial charge in [-0.3, -0.25) is 0 Å². The lowest BCUT2D eigenvalue weighted by atomic mass is 9.90. The van der Waals surface area contributed by atoms with Gasteiger partial charge in [-0.25, -0.2) is 4.79 Å². The van der Waals surface area contributed by atoms with Gasteiger partial charge in [-0.2, -0.15) is 11.8 Å². The Labute approximate surface area is 134 Å². The molecule has 2 aliphatic rings. The number of thioether (sulfide) groups is 1. The second kappa shape index (κ2) is 6.58. The fourth-order valence-electron chi connectivity index (χ4n) is 3.00. The van der Waals surface area contributed by atoms with Crippen molar-refractivity contribution in [2.75, 3.05) is 18.1 Å². The van der Waals surface area contributed by atoms with Gasteiger partial charge >= 0.3 is 6.03 Å². The number of rotatable bonds is 3. The Balaban J connectivity index is 1.46. The quantitative estimate of drug-likeness (QED) is 0.898. The molecule has 2 atom stereocenters. The van der Waals surface area contributed by atoms with E-state index in [9.17, 15) is 4.79 Å². The summed E-state index contributed by atoms with van der Waals surface area (Å²) < 4.78 is 5.98. The average Bonchev–Trinajstić information content (AvgIpc) is 3.06. The van der Waals surface area contributed by atoms with Crippen LogP contribution < -0.4 is 10.6 Å². The predicted octanol–water partition coefficient (Wildman–Crippen LogP) is 2.91. The monoisotopic (exact) mass is 326 g/mol. The van der Waals surface area contributed by atoms with Crippen molar-refractivity contribution in [1.82, 2.24) is 10.6 Å². The Morgan fingerprint density at radius 3 is 3.14 bits per heavy atom. The molecule has 6 heteroatoms. The highest BCUT2D eigenvalue weighted by atomic mass is 32.2. The second-order valence-electron chi connectivity index (χ2n) is 5.86. The summed E-state index contributed by atoms with van der Waals surface area (Å²) in [4.78, 5) is 14.5. The topological polar surface area (TPSA) is 50.4 Å². The lowest BCUT2D eigenvalue weighted by Gasteiger charge is -2.37. The summed E-state index contributed by atoms with van der Waals surface area (Å²) in [7, 11) is 0. The molecule has 0 unspecified atom stereocenters. The summed E-state index contributed by atoms with van der Waals surface area (Å²) in [5.41, 5.74) is 0.0196. The fraction of sp³-hybridized carbons (Fsp3) is 0.667. The molecular formula is C15H22N2O2S2. The molecule has 2 fully saturated rings. The minimum Gasteiger partial charge on any atom is -0.374 e. The van der Waals surface area contributed by atoms with E-state index in [2.05, 4.69) is 29.7 Å². The molecule has 21 heavy (non-hydrogen) atoms. The van der Waals surface area contributed by atoms with E-state index in [1.807, 2.05) is 11.8 Å². The number of hydrogen-bond acceptors (Lipinski definition) is 4. The van der Waals surface area contributed by atoms with Crippen LogP contribution in [-0.2, 0) is 11.3 Å². The molecule has 2 aliphatic heterocycles. The van der Waals surface area contributed by atoms with E-state index < -0.39 is 0 Å². The molecule has 1 aromatic rings. The summed E-state index contributed by atoms with van der Waals surface area (Å²) in [5, 5.41) is 6.07. The summed E-state index contributed by atoms with van der Waals surface area (Å²) >= 11 is 3.68. The van der Waals surface area contributed by atoms with Gasteiger partial charge in [0.25, 0.3) is 0 Å². The van der Waals surface area contributed by atoms with Crippen molar-refractivity contribution in [3.05, 3.63) is 21.9 Å². The lowest BCUT2D eigenvalue weighted by Crippen LogP contribution is -2.50. The highest BCUT2D eigenvalue weighted by Crippen LogP contribution is 2.38. The van der Waals surface area contributed by atoms with Crippen LogP contribution >= 0.6 is 23.1 Å². The van der Waals surface area contributed by atoms with Gasteiger partial charge in [-0.05, 0) is 44.1 Å². The smallest absolute Gasteiger partial charge is 0.315 e. The second-order valence-corrected chi connectivity index (χ2v) is 8.34. The van der Waals surface area contributed by atoms with Crippen molar-refractivity contribution in [2.45, 2.75) is 44.4 Å². The number of carbonyl (C=O) groups is 1. The Kier molecular flexibility index (Phi) is 4.76. The number of aryl methyl sites for hydroxylation is 1. The Hall–Kier alpha value is -0.720. The van der Waals surface area contributed by atoms with Crippen LogP contribution in [0.1, 0.15) is 29.0 Å². The molecule has 116 valence electrons. The summed E-state index contributed by atoms with van der Waals surface area (Å²) in [6, 6.07) is 4.33. The first kappa shape index (κ1) is 15.2. The van der Waals surface area contributed by atoms with Gasteiger partial charge in [0.05, 0.1) is 12.1 Å². The van der Waals surface area contributed by atoms with Crippen LogP contribution in [0.4, 0.5) is 4.79 Å². The molecule has 0 bridgehead atoms. The van der Waals surface area contributed by atoms with Gasteiger partial charge < -0.3 is 15.4 Å². The Bertz CT molecular complexity index is 498. The predicted molar refractivity (Wildman–Crippen MR) is 88.1 cm³/mol. The number of amides is 2. The van der Waals surface area contributed by atoms with E-state index in [4.69, 9.17) is 4.74 Å². The molecule has 0 aliphatic carbocycles. The van der Waals surface area contributed by atoms with Gasteiger partial charge in [0.1, 0.15) is 0 Å². The molecule has 0 saturated carbocycles. The molecule has 2 amide bonds. The van der Waals surface area contributed by atoms with E-state index in [1.165, 1.54) is 15.5 Å². The van der Waals surface area contributed by atoms with Crippen LogP contribution in [0.2, 0.25) is 0 Å². The van der Waals surface area contributed by atoms with Crippen LogP contribution in [0.5, 0.6) is 0 Å². The van der Waals surface area contributed by atoms with Gasteiger partial charge in [0, 0.05) is 28.2 Å². The summed E-state index contributed by atoms with van der Waals surface area (Å²) in [6.07, 6.45) is 2.98. The largest absolute Gasteiger partial charge is 0.374 e. The van der Waals surface area contributed by atoms with E-state index in [-0.39, 0.29) is 17.7 Å². The normalized spacial score (nSPS) is 28.7. The maximum absolute atomic E-state index is 12.0. The minimum atomic E-state index is -0.0613. The van der Waals surface area contributed by atoms with Crippen molar-refractivity contribution in [2.24, 2.45) is 0 Å². The number of thiophene rings is 1. The molecule has 3 rings (SSSR count). The molecule has 0 radical (unpaired) electrons. The molecular weight excluding hydrogens is 304 g/mol. The maximum Gasteiger partial charge on any atom is 0.315 e. The lowest BCUT2D eigenvalue weighted by molar-refractivity contribution is -0.0684. The van der Waals surface area contributed by atoms with Crippen LogP contribution in [0.3, 0.4) is 0 Å².